The van der Waals surface area contributed by atoms with Gasteiger partial charge in [0.25, 0.3) is 5.56 Å². The van der Waals surface area contributed by atoms with Crippen LogP contribution >= 0.6 is 0 Å². The van der Waals surface area contributed by atoms with Gasteiger partial charge in [-0.25, -0.2) is 14.2 Å². The highest BCUT2D eigenvalue weighted by atomic mass is 16.5. The summed E-state index contributed by atoms with van der Waals surface area (Å²) in [6.45, 7) is 3.54. The number of benzene rings is 2. The molecule has 9 nitrogen and oxygen atoms in total. The third-order valence-electron chi connectivity index (χ3n) is 5.94. The highest BCUT2D eigenvalue weighted by molar-refractivity contribution is 6.03. The number of rotatable bonds is 7. The van der Waals surface area contributed by atoms with Crippen LogP contribution in [0.2, 0.25) is 0 Å². The van der Waals surface area contributed by atoms with Crippen LogP contribution in [0.3, 0.4) is 0 Å². The van der Waals surface area contributed by atoms with E-state index >= 15 is 0 Å². The van der Waals surface area contributed by atoms with Crippen molar-refractivity contribution < 1.29 is 14.6 Å². The number of aryl methyl sites for hydroxylation is 1. The van der Waals surface area contributed by atoms with Crippen LogP contribution in [0, 0.1) is 6.92 Å². The number of aromatic amines is 2. The molecule has 180 valence electrons. The van der Waals surface area contributed by atoms with Crippen molar-refractivity contribution in [3.8, 4) is 11.6 Å². The van der Waals surface area contributed by atoms with Gasteiger partial charge in [-0.3, -0.25) is 14.8 Å². The van der Waals surface area contributed by atoms with Gasteiger partial charge in [-0.15, -0.1) is 0 Å². The summed E-state index contributed by atoms with van der Waals surface area (Å²) in [6, 6.07) is 13.7. The normalized spacial score (nSPS) is 12.6. The summed E-state index contributed by atoms with van der Waals surface area (Å²) in [7, 11) is 1.27. The van der Waals surface area contributed by atoms with Gasteiger partial charge in [-0.1, -0.05) is 43.3 Å². The topological polar surface area (TPSA) is 130 Å². The molecule has 0 amide bonds. The third-order valence-corrected chi connectivity index (χ3v) is 5.94. The lowest BCUT2D eigenvalue weighted by Crippen LogP contribution is -2.34. The maximum absolute atomic E-state index is 12.8. The van der Waals surface area contributed by atoms with E-state index in [-0.39, 0.29) is 24.1 Å². The number of fused-ring (bicyclic) bond motifs is 1. The van der Waals surface area contributed by atoms with Crippen molar-refractivity contribution in [3.63, 3.8) is 0 Å². The Hall–Kier alpha value is -4.40. The first-order chi connectivity index (χ1) is 16.8. The van der Waals surface area contributed by atoms with Crippen molar-refractivity contribution in [1.82, 2.24) is 14.5 Å². The van der Waals surface area contributed by atoms with Crippen LogP contribution in [-0.2, 0) is 16.0 Å². The molecule has 0 unspecified atom stereocenters. The van der Waals surface area contributed by atoms with E-state index in [2.05, 4.69) is 15.0 Å². The molecule has 2 heterocycles. The molecule has 3 N–H and O–H groups in total. The highest BCUT2D eigenvalue weighted by Crippen LogP contribution is 2.23. The molecule has 0 aliphatic rings. The van der Waals surface area contributed by atoms with E-state index in [1.165, 1.54) is 7.11 Å². The Morgan fingerprint density at radius 1 is 1.14 bits per heavy atom. The Morgan fingerprint density at radius 2 is 1.86 bits per heavy atom. The van der Waals surface area contributed by atoms with Crippen LogP contribution < -0.4 is 11.2 Å². The lowest BCUT2D eigenvalue weighted by atomic mass is 10.0. The Morgan fingerprint density at radius 3 is 2.57 bits per heavy atom. The van der Waals surface area contributed by atoms with Gasteiger partial charge in [0.15, 0.2) is 6.04 Å². The lowest BCUT2D eigenvalue weighted by molar-refractivity contribution is -0.142. The number of aromatic nitrogens is 3. The predicted octanol–water partition coefficient (Wildman–Crippen LogP) is 3.00. The summed E-state index contributed by atoms with van der Waals surface area (Å²) < 4.78 is 6.01. The SMILES string of the molecule is CCC(=N[C@H](Cc1c[nH]c2ccccc12)C(=O)OC)c1c(O)n(-c2ccccc2C)c(=O)[nH]c1=O. The standard InChI is InChI=1S/C26H26N4O5/c1-4-18(22-23(31)29-26(34)30(24(22)32)21-12-8-5-9-15(21)2)28-20(25(33)35-3)13-16-14-27-19-11-7-6-10-17(16)19/h5-12,14,20,27,32H,4,13H2,1-3H3,(H,29,31,34)/t20-/m1/s1. The van der Waals surface area contributed by atoms with Gasteiger partial charge in [0, 0.05) is 23.5 Å². The Labute approximate surface area is 200 Å². The van der Waals surface area contributed by atoms with Crippen molar-refractivity contribution in [1.29, 1.82) is 0 Å². The number of aromatic hydroxyl groups is 1. The Kier molecular flexibility index (Phi) is 6.68. The van der Waals surface area contributed by atoms with Crippen LogP contribution in [0.1, 0.15) is 30.0 Å². The van der Waals surface area contributed by atoms with Gasteiger partial charge < -0.3 is 14.8 Å². The summed E-state index contributed by atoms with van der Waals surface area (Å²) >= 11 is 0. The van der Waals surface area contributed by atoms with Crippen molar-refractivity contribution in [3.05, 3.63) is 92.3 Å². The van der Waals surface area contributed by atoms with Crippen molar-refractivity contribution in [2.24, 2.45) is 4.99 Å². The van der Waals surface area contributed by atoms with Gasteiger partial charge in [-0.2, -0.15) is 0 Å². The highest BCUT2D eigenvalue weighted by Gasteiger charge is 2.25. The summed E-state index contributed by atoms with van der Waals surface area (Å²) in [4.78, 5) is 48.1. The van der Waals surface area contributed by atoms with Crippen molar-refractivity contribution in [2.75, 3.05) is 7.11 Å². The monoisotopic (exact) mass is 474 g/mol. The summed E-state index contributed by atoms with van der Waals surface area (Å²) in [5, 5.41) is 12.0. The zero-order valence-corrected chi connectivity index (χ0v) is 19.7. The molecule has 1 atom stereocenters. The molecule has 0 saturated heterocycles. The number of nitrogens with one attached hydrogen (secondary N) is 2. The minimum Gasteiger partial charge on any atom is -0.493 e. The molecule has 35 heavy (non-hydrogen) atoms. The number of carbonyl (C=O) groups is 1. The largest absolute Gasteiger partial charge is 0.493 e. The zero-order chi connectivity index (χ0) is 25.1. The minimum absolute atomic E-state index is 0.164. The first-order valence-corrected chi connectivity index (χ1v) is 11.2. The molecule has 4 aromatic rings. The number of H-pyrrole nitrogens is 2. The van der Waals surface area contributed by atoms with Gasteiger partial charge in [0.1, 0.15) is 5.56 Å². The molecule has 9 heteroatoms. The first-order valence-electron chi connectivity index (χ1n) is 11.2. The predicted molar refractivity (Wildman–Crippen MR) is 134 cm³/mol. The third kappa shape index (κ3) is 4.52. The molecular formula is C26H26N4O5. The molecule has 0 aliphatic carbocycles. The number of hydrogen-bond acceptors (Lipinski definition) is 6. The molecule has 0 aliphatic heterocycles. The minimum atomic E-state index is -0.966. The van der Waals surface area contributed by atoms with Gasteiger partial charge in [0.2, 0.25) is 5.88 Å². The molecule has 2 aromatic heterocycles. The maximum atomic E-state index is 12.8. The van der Waals surface area contributed by atoms with E-state index in [9.17, 15) is 19.5 Å². The summed E-state index contributed by atoms with van der Waals surface area (Å²) in [5.74, 6) is -1.12. The molecule has 0 saturated carbocycles. The maximum Gasteiger partial charge on any atom is 0.335 e. The second-order valence-corrected chi connectivity index (χ2v) is 8.11. The number of methoxy groups -OCH3 is 1. The molecule has 2 aromatic carbocycles. The van der Waals surface area contributed by atoms with E-state index in [0.717, 1.165) is 26.6 Å². The van der Waals surface area contributed by atoms with Crippen molar-refractivity contribution >= 4 is 22.6 Å². The lowest BCUT2D eigenvalue weighted by Gasteiger charge is -2.16. The molecular weight excluding hydrogens is 448 g/mol. The second kappa shape index (κ2) is 9.84. The average molecular weight is 475 g/mol. The van der Waals surface area contributed by atoms with Gasteiger partial charge in [-0.05, 0) is 36.6 Å². The fourth-order valence-corrected chi connectivity index (χ4v) is 4.17. The van der Waals surface area contributed by atoms with E-state index < -0.39 is 29.1 Å². The number of ether oxygens (including phenoxy) is 1. The Bertz CT molecular complexity index is 1540. The molecule has 4 rings (SSSR count). The smallest absolute Gasteiger partial charge is 0.335 e. The van der Waals surface area contributed by atoms with Crippen LogP contribution in [-0.4, -0.2) is 44.5 Å². The molecule has 0 spiro atoms. The van der Waals surface area contributed by atoms with E-state index in [1.54, 1.807) is 38.1 Å². The number of esters is 1. The second-order valence-electron chi connectivity index (χ2n) is 8.11. The molecule has 0 bridgehead atoms. The summed E-state index contributed by atoms with van der Waals surface area (Å²) in [6.07, 6.45) is 2.25. The number of aliphatic imine (C=N–C) groups is 1. The number of hydrogen-bond donors (Lipinski definition) is 3. The fourth-order valence-electron chi connectivity index (χ4n) is 4.17. The van der Waals surface area contributed by atoms with E-state index in [1.807, 2.05) is 30.5 Å². The molecule has 0 fully saturated rings. The van der Waals surface area contributed by atoms with Crippen LogP contribution in [0.25, 0.3) is 16.6 Å². The van der Waals surface area contributed by atoms with Crippen LogP contribution in [0.4, 0.5) is 0 Å². The number of carbonyl (C=O) groups excluding carboxylic acids is 1. The number of para-hydroxylation sites is 2. The number of nitrogens with zero attached hydrogens (tertiary/aromatic N) is 2. The van der Waals surface area contributed by atoms with E-state index in [0.29, 0.717) is 5.69 Å². The average Bonchev–Trinajstić information content (AvgIpc) is 3.26. The van der Waals surface area contributed by atoms with Gasteiger partial charge in [0.05, 0.1) is 18.5 Å². The van der Waals surface area contributed by atoms with Crippen molar-refractivity contribution in [2.45, 2.75) is 32.7 Å². The Balaban J connectivity index is 1.84. The van der Waals surface area contributed by atoms with Crippen LogP contribution in [0.15, 0.2) is 69.3 Å². The van der Waals surface area contributed by atoms with E-state index in [4.69, 9.17) is 4.74 Å². The quantitative estimate of drug-likeness (QED) is 0.280. The van der Waals surface area contributed by atoms with Crippen LogP contribution in [0.5, 0.6) is 5.88 Å². The fraction of sp³-hybridized carbons (Fsp3) is 0.231. The zero-order valence-electron chi connectivity index (χ0n) is 19.7. The summed E-state index contributed by atoms with van der Waals surface area (Å²) in [5.41, 5.74) is 1.39. The first kappa shape index (κ1) is 23.7. The van der Waals surface area contributed by atoms with Gasteiger partial charge >= 0.3 is 11.7 Å². The molecule has 0 radical (unpaired) electrons.